The highest BCUT2D eigenvalue weighted by Crippen LogP contribution is 2.14. The third-order valence-electron chi connectivity index (χ3n) is 3.16. The zero-order valence-electron chi connectivity index (χ0n) is 15.5. The summed E-state index contributed by atoms with van der Waals surface area (Å²) in [6.45, 7) is 11.1. The summed E-state index contributed by atoms with van der Waals surface area (Å²) in [7, 11) is -3.16. The molecule has 0 aromatic carbocycles. The Balaban J connectivity index is 4.52. The molecule has 2 radical (unpaired) electrons. The molecule has 0 heterocycles. The van der Waals surface area contributed by atoms with Gasteiger partial charge in [-0.1, -0.05) is 53.4 Å². The SMILES string of the molecule is CCCCO[Si]O[Si](OCCCC)(OCCCC)OCCCC. The quantitative estimate of drug-likeness (QED) is 0.269. The first-order valence-corrected chi connectivity index (χ1v) is 11.7. The van der Waals surface area contributed by atoms with E-state index >= 15 is 0 Å². The molecule has 0 spiro atoms. The maximum Gasteiger partial charge on any atom is 0.670 e. The molecular weight excluding hydrogens is 328 g/mol. The van der Waals surface area contributed by atoms with E-state index in [4.69, 9.17) is 21.8 Å². The van der Waals surface area contributed by atoms with Gasteiger partial charge in [-0.2, -0.15) is 0 Å². The molecule has 138 valence electrons. The zero-order chi connectivity index (χ0) is 17.2. The largest absolute Gasteiger partial charge is 0.670 e. The smallest absolute Gasteiger partial charge is 0.393 e. The minimum absolute atomic E-state index is 0.0841. The van der Waals surface area contributed by atoms with Crippen molar-refractivity contribution in [3.63, 3.8) is 0 Å². The lowest BCUT2D eigenvalue weighted by Crippen LogP contribution is -2.51. The Kier molecular flexibility index (Phi) is 17.2. The van der Waals surface area contributed by atoms with Gasteiger partial charge in [0.1, 0.15) is 0 Å². The molecule has 7 heteroatoms. The van der Waals surface area contributed by atoms with Crippen molar-refractivity contribution in [1.82, 2.24) is 0 Å². The Hall–Kier alpha value is 0.234. The summed E-state index contributed by atoms with van der Waals surface area (Å²) in [5.41, 5.74) is 0. The lowest BCUT2D eigenvalue weighted by molar-refractivity contribution is -0.00643. The van der Waals surface area contributed by atoms with Gasteiger partial charge >= 0.3 is 19.1 Å². The maximum atomic E-state index is 5.97. The summed E-state index contributed by atoms with van der Waals surface area (Å²) in [4.78, 5) is 0. The lowest BCUT2D eigenvalue weighted by atomic mass is 10.4. The fourth-order valence-corrected chi connectivity index (χ4v) is 4.59. The van der Waals surface area contributed by atoms with Gasteiger partial charge in [0.2, 0.25) is 0 Å². The number of unbranched alkanes of at least 4 members (excludes halogenated alkanes) is 4. The van der Waals surface area contributed by atoms with Crippen molar-refractivity contribution in [2.24, 2.45) is 0 Å². The van der Waals surface area contributed by atoms with Crippen LogP contribution in [0.2, 0.25) is 0 Å². The minimum Gasteiger partial charge on any atom is -0.393 e. The van der Waals surface area contributed by atoms with E-state index in [9.17, 15) is 0 Å². The molecule has 0 aliphatic carbocycles. The molecule has 0 aliphatic heterocycles. The lowest BCUT2D eigenvalue weighted by Gasteiger charge is -2.28. The van der Waals surface area contributed by atoms with Crippen molar-refractivity contribution in [2.45, 2.75) is 79.1 Å². The second-order valence-corrected chi connectivity index (χ2v) is 8.63. The first kappa shape index (κ1) is 23.2. The van der Waals surface area contributed by atoms with Crippen molar-refractivity contribution < 1.29 is 21.8 Å². The predicted molar refractivity (Wildman–Crippen MR) is 96.0 cm³/mol. The van der Waals surface area contributed by atoms with Gasteiger partial charge in [-0.3, -0.25) is 0 Å². The van der Waals surface area contributed by atoms with Crippen molar-refractivity contribution >= 4 is 19.1 Å². The second kappa shape index (κ2) is 17.1. The molecule has 0 N–H and O–H groups in total. The standard InChI is InChI=1S/C16H36O5Si2/c1-5-9-13-17-22-21-23(18-14-10-6-2,19-15-11-7-3)20-16-12-8-4/h5-16H2,1-4H3. The van der Waals surface area contributed by atoms with Crippen LogP contribution in [0.1, 0.15) is 79.1 Å². The summed E-state index contributed by atoms with van der Waals surface area (Å²) in [5.74, 6) is 0. The van der Waals surface area contributed by atoms with E-state index in [1.807, 2.05) is 0 Å². The van der Waals surface area contributed by atoms with E-state index in [1.54, 1.807) is 0 Å². The minimum atomic E-state index is -3.08. The van der Waals surface area contributed by atoms with Crippen LogP contribution in [-0.2, 0) is 21.8 Å². The monoisotopic (exact) mass is 364 g/mol. The van der Waals surface area contributed by atoms with Crippen LogP contribution < -0.4 is 0 Å². The van der Waals surface area contributed by atoms with Crippen LogP contribution in [0.25, 0.3) is 0 Å². The summed E-state index contributed by atoms with van der Waals surface area (Å²) < 4.78 is 29.3. The average molecular weight is 365 g/mol. The molecule has 0 atom stereocenters. The molecule has 0 amide bonds. The van der Waals surface area contributed by atoms with Crippen molar-refractivity contribution in [1.29, 1.82) is 0 Å². The zero-order valence-corrected chi connectivity index (χ0v) is 17.5. The van der Waals surface area contributed by atoms with E-state index in [-0.39, 0.29) is 10.0 Å². The highest BCUT2D eigenvalue weighted by Gasteiger charge is 2.45. The maximum absolute atomic E-state index is 5.97. The molecule has 0 saturated carbocycles. The Morgan fingerprint density at radius 3 is 1.39 bits per heavy atom. The average Bonchev–Trinajstić information content (AvgIpc) is 2.55. The number of rotatable bonds is 18. The fourth-order valence-electron chi connectivity index (χ4n) is 1.58. The van der Waals surface area contributed by atoms with Gasteiger partial charge < -0.3 is 21.8 Å². The van der Waals surface area contributed by atoms with Crippen LogP contribution in [-0.4, -0.2) is 45.5 Å². The Labute approximate surface area is 146 Å². The first-order valence-electron chi connectivity index (χ1n) is 9.21. The molecule has 0 aliphatic rings. The molecular formula is C16H36O5Si2. The van der Waals surface area contributed by atoms with Gasteiger partial charge in [-0.05, 0) is 25.7 Å². The van der Waals surface area contributed by atoms with E-state index in [2.05, 4.69) is 27.7 Å². The topological polar surface area (TPSA) is 46.2 Å². The van der Waals surface area contributed by atoms with E-state index in [0.29, 0.717) is 26.4 Å². The summed E-state index contributed by atoms with van der Waals surface area (Å²) >= 11 is 0. The molecule has 0 rings (SSSR count). The van der Waals surface area contributed by atoms with Crippen LogP contribution in [0, 0.1) is 0 Å². The van der Waals surface area contributed by atoms with Gasteiger partial charge in [0, 0.05) is 26.4 Å². The van der Waals surface area contributed by atoms with Gasteiger partial charge in [0.15, 0.2) is 0 Å². The number of hydrogen-bond donors (Lipinski definition) is 0. The van der Waals surface area contributed by atoms with E-state index < -0.39 is 9.05 Å². The fraction of sp³-hybridized carbons (Fsp3) is 1.00. The van der Waals surface area contributed by atoms with Crippen molar-refractivity contribution in [3.05, 3.63) is 0 Å². The third-order valence-corrected chi connectivity index (χ3v) is 6.48. The Morgan fingerprint density at radius 1 is 0.609 bits per heavy atom. The predicted octanol–water partition coefficient (Wildman–Crippen LogP) is 4.24. The van der Waals surface area contributed by atoms with Gasteiger partial charge in [-0.15, -0.1) is 0 Å². The molecule has 0 aromatic rings. The molecule has 23 heavy (non-hydrogen) atoms. The normalized spacial score (nSPS) is 12.0. The highest BCUT2D eigenvalue weighted by atomic mass is 28.4. The molecule has 0 aromatic heterocycles. The first-order chi connectivity index (χ1) is 11.2. The van der Waals surface area contributed by atoms with Crippen LogP contribution in [0.5, 0.6) is 0 Å². The van der Waals surface area contributed by atoms with Gasteiger partial charge in [-0.25, -0.2) is 0 Å². The van der Waals surface area contributed by atoms with E-state index in [0.717, 1.165) is 51.4 Å². The third kappa shape index (κ3) is 13.2. The molecule has 5 nitrogen and oxygen atoms in total. The number of hydrogen-bond acceptors (Lipinski definition) is 5. The summed E-state index contributed by atoms with van der Waals surface area (Å²) in [5, 5.41) is 0. The second-order valence-electron chi connectivity index (χ2n) is 5.49. The van der Waals surface area contributed by atoms with Crippen molar-refractivity contribution in [3.8, 4) is 0 Å². The molecule has 0 fully saturated rings. The van der Waals surface area contributed by atoms with Gasteiger partial charge in [0.05, 0.1) is 0 Å². The summed E-state index contributed by atoms with van der Waals surface area (Å²) in [6, 6.07) is 0. The van der Waals surface area contributed by atoms with Crippen LogP contribution in [0.4, 0.5) is 0 Å². The van der Waals surface area contributed by atoms with Crippen molar-refractivity contribution in [2.75, 3.05) is 26.4 Å². The molecule has 0 bridgehead atoms. The van der Waals surface area contributed by atoms with Crippen LogP contribution >= 0.6 is 0 Å². The Bertz CT molecular complexity index is 218. The molecule has 0 saturated heterocycles. The highest BCUT2D eigenvalue weighted by molar-refractivity contribution is 6.59. The Morgan fingerprint density at radius 2 is 1.00 bits per heavy atom. The summed E-state index contributed by atoms with van der Waals surface area (Å²) in [6.07, 6.45) is 8.30. The van der Waals surface area contributed by atoms with E-state index in [1.165, 1.54) is 0 Å². The van der Waals surface area contributed by atoms with Gasteiger partial charge in [0.25, 0.3) is 0 Å². The molecule has 0 unspecified atom stereocenters. The van der Waals surface area contributed by atoms with Crippen LogP contribution in [0.3, 0.4) is 0 Å². The van der Waals surface area contributed by atoms with Crippen LogP contribution in [0.15, 0.2) is 0 Å².